The largest absolute Gasteiger partial charge is 0.382 e. The van der Waals surface area contributed by atoms with Crippen molar-refractivity contribution in [3.8, 4) is 0 Å². The predicted molar refractivity (Wildman–Crippen MR) is 73.1 cm³/mol. The Balaban J connectivity index is 1.85. The summed E-state index contributed by atoms with van der Waals surface area (Å²) in [6, 6.07) is 0. The Morgan fingerprint density at radius 3 is 2.68 bits per heavy atom. The minimum Gasteiger partial charge on any atom is -0.382 e. The topological polar surface area (TPSA) is 56.8 Å². The van der Waals surface area contributed by atoms with Gasteiger partial charge in [0.15, 0.2) is 0 Å². The minimum atomic E-state index is -0.0752. The molecular formula is C14H27NO4. The summed E-state index contributed by atoms with van der Waals surface area (Å²) in [6.07, 6.45) is 7.63. The molecule has 5 nitrogen and oxygen atoms in total. The molecule has 0 spiro atoms. The van der Waals surface area contributed by atoms with Crippen LogP contribution >= 0.6 is 0 Å². The van der Waals surface area contributed by atoms with Gasteiger partial charge in [-0.05, 0) is 19.3 Å². The van der Waals surface area contributed by atoms with Crippen molar-refractivity contribution in [2.75, 3.05) is 40.1 Å². The number of rotatable bonds is 10. The first-order valence-electron chi connectivity index (χ1n) is 7.28. The molecule has 0 bridgehead atoms. The van der Waals surface area contributed by atoms with Gasteiger partial charge < -0.3 is 19.5 Å². The number of carbonyl (C=O) groups is 1. The van der Waals surface area contributed by atoms with Crippen molar-refractivity contribution in [3.05, 3.63) is 0 Å². The van der Waals surface area contributed by atoms with Gasteiger partial charge in [0, 0.05) is 20.3 Å². The summed E-state index contributed by atoms with van der Waals surface area (Å²) in [4.78, 5) is 11.4. The summed E-state index contributed by atoms with van der Waals surface area (Å²) in [5.41, 5.74) is 0. The smallest absolute Gasteiger partial charge is 0.246 e. The van der Waals surface area contributed by atoms with E-state index in [4.69, 9.17) is 14.2 Å². The maximum atomic E-state index is 11.4. The Labute approximate surface area is 116 Å². The van der Waals surface area contributed by atoms with Crippen LogP contribution in [-0.4, -0.2) is 52.1 Å². The van der Waals surface area contributed by atoms with Crippen molar-refractivity contribution in [3.63, 3.8) is 0 Å². The zero-order chi connectivity index (χ0) is 13.8. The van der Waals surface area contributed by atoms with Crippen molar-refractivity contribution in [1.29, 1.82) is 0 Å². The molecule has 112 valence electrons. The van der Waals surface area contributed by atoms with Gasteiger partial charge in [0.05, 0.1) is 19.3 Å². The molecule has 0 atom stereocenters. The van der Waals surface area contributed by atoms with E-state index in [-0.39, 0.29) is 12.5 Å². The van der Waals surface area contributed by atoms with E-state index in [1.165, 1.54) is 32.1 Å². The van der Waals surface area contributed by atoms with E-state index < -0.39 is 0 Å². The van der Waals surface area contributed by atoms with Crippen molar-refractivity contribution in [1.82, 2.24) is 5.32 Å². The quantitative estimate of drug-likeness (QED) is 0.613. The van der Waals surface area contributed by atoms with Gasteiger partial charge in [-0.2, -0.15) is 0 Å². The zero-order valence-corrected chi connectivity index (χ0v) is 12.0. The Kier molecular flexibility index (Phi) is 9.67. The van der Waals surface area contributed by atoms with Crippen molar-refractivity contribution in [2.45, 2.75) is 44.6 Å². The molecule has 0 aromatic heterocycles. The van der Waals surface area contributed by atoms with Crippen LogP contribution in [0.25, 0.3) is 0 Å². The van der Waals surface area contributed by atoms with Crippen molar-refractivity contribution >= 4 is 5.91 Å². The van der Waals surface area contributed by atoms with E-state index in [1.54, 1.807) is 7.11 Å². The summed E-state index contributed by atoms with van der Waals surface area (Å²) < 4.78 is 15.7. The van der Waals surface area contributed by atoms with E-state index in [9.17, 15) is 4.79 Å². The minimum absolute atomic E-state index is 0.0752. The van der Waals surface area contributed by atoms with Crippen molar-refractivity contribution in [2.24, 2.45) is 0 Å². The number of amides is 1. The fraction of sp³-hybridized carbons (Fsp3) is 0.929. The summed E-state index contributed by atoms with van der Waals surface area (Å²) in [5, 5.41) is 2.81. The van der Waals surface area contributed by atoms with Gasteiger partial charge in [0.2, 0.25) is 5.91 Å². The van der Waals surface area contributed by atoms with E-state index in [0.29, 0.717) is 25.9 Å². The molecule has 1 saturated carbocycles. The summed E-state index contributed by atoms with van der Waals surface area (Å²) in [7, 11) is 1.61. The highest BCUT2D eigenvalue weighted by Crippen LogP contribution is 2.20. The second-order valence-electron chi connectivity index (χ2n) is 4.88. The molecule has 0 aromatic rings. The lowest BCUT2D eigenvalue weighted by molar-refractivity contribution is -0.126. The van der Waals surface area contributed by atoms with Crippen molar-refractivity contribution < 1.29 is 19.0 Å². The molecule has 0 saturated heterocycles. The Morgan fingerprint density at radius 2 is 1.95 bits per heavy atom. The number of carbonyl (C=O) groups excluding carboxylic acids is 1. The monoisotopic (exact) mass is 273 g/mol. The van der Waals surface area contributed by atoms with Crippen LogP contribution in [0.4, 0.5) is 0 Å². The third-order valence-electron chi connectivity index (χ3n) is 3.21. The Bertz CT molecular complexity index is 229. The third kappa shape index (κ3) is 8.97. The highest BCUT2D eigenvalue weighted by Gasteiger charge is 2.12. The average molecular weight is 273 g/mol. The lowest BCUT2D eigenvalue weighted by Gasteiger charge is -2.21. The first-order valence-corrected chi connectivity index (χ1v) is 7.28. The predicted octanol–water partition coefficient (Wildman–Crippen LogP) is 1.50. The second kappa shape index (κ2) is 11.2. The lowest BCUT2D eigenvalue weighted by atomic mass is 9.98. The second-order valence-corrected chi connectivity index (χ2v) is 4.88. The standard InChI is InChI=1S/C14H27NO4/c1-17-10-11-18-12-14(16)15-8-5-9-19-13-6-3-2-4-7-13/h13H,2-12H2,1H3,(H,15,16). The molecule has 0 aliphatic heterocycles. The lowest BCUT2D eigenvalue weighted by Crippen LogP contribution is -2.30. The SMILES string of the molecule is COCCOCC(=O)NCCCOC1CCCCC1. The molecule has 0 radical (unpaired) electrons. The van der Waals surface area contributed by atoms with E-state index in [1.807, 2.05) is 0 Å². The molecule has 1 rings (SSSR count). The van der Waals surface area contributed by atoms with Gasteiger partial charge >= 0.3 is 0 Å². The van der Waals surface area contributed by atoms with Gasteiger partial charge in [-0.3, -0.25) is 4.79 Å². The van der Waals surface area contributed by atoms with Crippen LogP contribution in [0.2, 0.25) is 0 Å². The molecule has 1 fully saturated rings. The van der Waals surface area contributed by atoms with Crippen LogP contribution < -0.4 is 5.32 Å². The van der Waals surface area contributed by atoms with Gasteiger partial charge in [0.25, 0.3) is 0 Å². The molecule has 19 heavy (non-hydrogen) atoms. The number of hydrogen-bond donors (Lipinski definition) is 1. The fourth-order valence-electron chi connectivity index (χ4n) is 2.14. The molecule has 0 heterocycles. The first-order chi connectivity index (χ1) is 9.33. The Morgan fingerprint density at radius 1 is 1.16 bits per heavy atom. The maximum absolute atomic E-state index is 11.4. The third-order valence-corrected chi connectivity index (χ3v) is 3.21. The van der Waals surface area contributed by atoms with Gasteiger partial charge in [-0.1, -0.05) is 19.3 Å². The van der Waals surface area contributed by atoms with Gasteiger partial charge in [-0.15, -0.1) is 0 Å². The summed E-state index contributed by atoms with van der Waals surface area (Å²) >= 11 is 0. The van der Waals surface area contributed by atoms with Crippen LogP contribution in [0.5, 0.6) is 0 Å². The van der Waals surface area contributed by atoms with Gasteiger partial charge in [-0.25, -0.2) is 0 Å². The average Bonchev–Trinajstić information content (AvgIpc) is 2.44. The van der Waals surface area contributed by atoms with E-state index in [2.05, 4.69) is 5.32 Å². The number of nitrogens with one attached hydrogen (secondary N) is 1. The number of hydrogen-bond acceptors (Lipinski definition) is 4. The normalized spacial score (nSPS) is 16.5. The summed E-state index contributed by atoms with van der Waals surface area (Å²) in [6.45, 7) is 2.46. The number of ether oxygens (including phenoxy) is 3. The van der Waals surface area contributed by atoms with Crippen LogP contribution in [0, 0.1) is 0 Å². The highest BCUT2D eigenvalue weighted by molar-refractivity contribution is 5.77. The van der Waals surface area contributed by atoms with Crippen LogP contribution in [0.1, 0.15) is 38.5 Å². The summed E-state index contributed by atoms with van der Waals surface area (Å²) in [5.74, 6) is -0.0752. The van der Waals surface area contributed by atoms with Crippen LogP contribution in [0.3, 0.4) is 0 Å². The number of methoxy groups -OCH3 is 1. The molecule has 1 aliphatic rings. The molecule has 1 amide bonds. The molecule has 5 heteroatoms. The van der Waals surface area contributed by atoms with Gasteiger partial charge in [0.1, 0.15) is 6.61 Å². The maximum Gasteiger partial charge on any atom is 0.246 e. The molecule has 1 N–H and O–H groups in total. The molecule has 0 aromatic carbocycles. The molecule has 0 unspecified atom stereocenters. The fourth-order valence-corrected chi connectivity index (χ4v) is 2.14. The Hall–Kier alpha value is -0.650. The van der Waals surface area contributed by atoms with Crippen LogP contribution in [-0.2, 0) is 19.0 Å². The van der Waals surface area contributed by atoms with E-state index >= 15 is 0 Å². The molecular weight excluding hydrogens is 246 g/mol. The highest BCUT2D eigenvalue weighted by atomic mass is 16.5. The van der Waals surface area contributed by atoms with E-state index in [0.717, 1.165) is 13.0 Å². The zero-order valence-electron chi connectivity index (χ0n) is 12.0. The van der Waals surface area contributed by atoms with Crippen LogP contribution in [0.15, 0.2) is 0 Å². The molecule has 1 aliphatic carbocycles. The first kappa shape index (κ1) is 16.4.